The van der Waals surface area contributed by atoms with Crippen molar-refractivity contribution in [2.75, 3.05) is 19.7 Å². The molecule has 0 aliphatic carbocycles. The highest BCUT2D eigenvalue weighted by Gasteiger charge is 2.27. The topological polar surface area (TPSA) is 64.4 Å². The third kappa shape index (κ3) is 3.80. The van der Waals surface area contributed by atoms with Crippen molar-refractivity contribution in [3.8, 4) is 0 Å². The number of benzene rings is 1. The van der Waals surface area contributed by atoms with Crippen molar-refractivity contribution in [3.05, 3.63) is 40.3 Å². The number of unbranched alkanes of at least 4 members (excludes halogenated alkanes) is 2. The first-order valence-electron chi connectivity index (χ1n) is 9.56. The third-order valence-electron chi connectivity index (χ3n) is 4.93. The second kappa shape index (κ2) is 8.45. The highest BCUT2D eigenvalue weighted by atomic mass is 16.5. The fraction of sp³-hybridized carbons (Fsp3) is 0.550. The molecule has 1 atom stereocenters. The minimum Gasteiger partial charge on any atom is -0.375 e. The Labute approximate surface area is 153 Å². The summed E-state index contributed by atoms with van der Waals surface area (Å²) >= 11 is 0. The third-order valence-corrected chi connectivity index (χ3v) is 4.93. The number of amides is 1. The maximum atomic E-state index is 13.2. The minimum absolute atomic E-state index is 0.0643. The smallest absolute Gasteiger partial charge is 0.275 e. The molecule has 6 nitrogen and oxygen atoms in total. The van der Waals surface area contributed by atoms with Crippen molar-refractivity contribution in [1.29, 1.82) is 0 Å². The number of aryl methyl sites for hydroxylation is 1. The highest BCUT2D eigenvalue weighted by Crippen LogP contribution is 2.18. The monoisotopic (exact) mass is 357 g/mol. The van der Waals surface area contributed by atoms with Gasteiger partial charge in [0.2, 0.25) is 0 Å². The first kappa shape index (κ1) is 18.6. The van der Waals surface area contributed by atoms with Crippen LogP contribution in [0, 0.1) is 0 Å². The molecule has 2 aromatic rings. The van der Waals surface area contributed by atoms with Crippen molar-refractivity contribution in [3.63, 3.8) is 0 Å². The molecule has 1 fully saturated rings. The van der Waals surface area contributed by atoms with Crippen LogP contribution in [0.15, 0.2) is 29.1 Å². The Kier molecular flexibility index (Phi) is 6.04. The van der Waals surface area contributed by atoms with Crippen molar-refractivity contribution < 1.29 is 9.53 Å². The lowest BCUT2D eigenvalue weighted by molar-refractivity contribution is -0.0228. The second-order valence-electron chi connectivity index (χ2n) is 6.78. The number of ether oxygens (including phenoxy) is 1. The van der Waals surface area contributed by atoms with Crippen LogP contribution in [0.1, 0.15) is 50.0 Å². The normalized spacial score (nSPS) is 17.6. The van der Waals surface area contributed by atoms with E-state index in [-0.39, 0.29) is 17.6 Å². The molecule has 1 saturated heterocycles. The summed E-state index contributed by atoms with van der Waals surface area (Å²) < 4.78 is 7.13. The van der Waals surface area contributed by atoms with Gasteiger partial charge in [0.1, 0.15) is 0 Å². The summed E-state index contributed by atoms with van der Waals surface area (Å²) in [7, 11) is 0. The molecule has 0 saturated carbocycles. The summed E-state index contributed by atoms with van der Waals surface area (Å²) in [5.74, 6) is -0.118. The van der Waals surface area contributed by atoms with Crippen molar-refractivity contribution in [2.45, 2.75) is 52.2 Å². The van der Waals surface area contributed by atoms with Gasteiger partial charge in [-0.1, -0.05) is 44.9 Å². The number of fused-ring (bicyclic) bond motifs is 1. The number of hydrogen-bond donors (Lipinski definition) is 0. The summed E-state index contributed by atoms with van der Waals surface area (Å²) in [6, 6.07) is 7.26. The first-order chi connectivity index (χ1) is 12.7. The fourth-order valence-corrected chi connectivity index (χ4v) is 3.36. The van der Waals surface area contributed by atoms with Gasteiger partial charge in [-0.2, -0.15) is 5.10 Å². The summed E-state index contributed by atoms with van der Waals surface area (Å²) in [5, 5.41) is 5.66. The molecule has 1 amide bonds. The van der Waals surface area contributed by atoms with E-state index in [0.29, 0.717) is 42.7 Å². The Morgan fingerprint density at radius 1 is 1.23 bits per heavy atom. The SMILES string of the molecule is CCCCCn1nc(C(=O)N2CCOC(CC)C2)c2ccccc2c1=O. The first-order valence-corrected chi connectivity index (χ1v) is 9.56. The van der Waals surface area contributed by atoms with Gasteiger partial charge in [-0.25, -0.2) is 4.68 Å². The molecule has 0 N–H and O–H groups in total. The Bertz CT molecular complexity index is 831. The molecule has 0 spiro atoms. The standard InChI is InChI=1S/C20H27N3O3/c1-3-5-8-11-23-19(24)17-10-7-6-9-16(17)18(21-23)20(25)22-12-13-26-15(4-2)14-22/h6-7,9-10,15H,3-5,8,11-14H2,1-2H3. The van der Waals surface area contributed by atoms with E-state index in [4.69, 9.17) is 4.74 Å². The summed E-state index contributed by atoms with van der Waals surface area (Å²) in [4.78, 5) is 27.7. The molecule has 0 bridgehead atoms. The van der Waals surface area contributed by atoms with E-state index in [0.717, 1.165) is 25.7 Å². The van der Waals surface area contributed by atoms with Crippen LogP contribution >= 0.6 is 0 Å². The van der Waals surface area contributed by atoms with Crippen molar-refractivity contribution >= 4 is 16.7 Å². The fourth-order valence-electron chi connectivity index (χ4n) is 3.36. The molecule has 0 radical (unpaired) electrons. The Balaban J connectivity index is 1.99. The average Bonchev–Trinajstić information content (AvgIpc) is 2.69. The number of nitrogens with zero attached hydrogens (tertiary/aromatic N) is 3. The second-order valence-corrected chi connectivity index (χ2v) is 6.78. The van der Waals surface area contributed by atoms with Gasteiger partial charge in [0.25, 0.3) is 11.5 Å². The molecule has 6 heteroatoms. The lowest BCUT2D eigenvalue weighted by atomic mass is 10.1. The van der Waals surface area contributed by atoms with Gasteiger partial charge in [-0.05, 0) is 18.9 Å². The number of aromatic nitrogens is 2. The van der Waals surface area contributed by atoms with Gasteiger partial charge < -0.3 is 9.64 Å². The molecule has 1 aliphatic rings. The Hall–Kier alpha value is -2.21. The zero-order valence-corrected chi connectivity index (χ0v) is 15.6. The van der Waals surface area contributed by atoms with E-state index in [1.807, 2.05) is 18.2 Å². The summed E-state index contributed by atoms with van der Waals surface area (Å²) in [5.41, 5.74) is 0.245. The number of rotatable bonds is 6. The number of morpholine rings is 1. The van der Waals surface area contributed by atoms with Crippen molar-refractivity contribution in [2.24, 2.45) is 0 Å². The minimum atomic E-state index is -0.123. The van der Waals surface area contributed by atoms with E-state index < -0.39 is 0 Å². The van der Waals surface area contributed by atoms with Crippen LogP contribution in [0.4, 0.5) is 0 Å². The Morgan fingerprint density at radius 3 is 2.73 bits per heavy atom. The van der Waals surface area contributed by atoms with Gasteiger partial charge in [0.15, 0.2) is 5.69 Å². The van der Waals surface area contributed by atoms with Gasteiger partial charge in [0.05, 0.1) is 18.1 Å². The number of hydrogen-bond acceptors (Lipinski definition) is 4. The van der Waals surface area contributed by atoms with Gasteiger partial charge >= 0.3 is 0 Å². The van der Waals surface area contributed by atoms with Crippen LogP contribution in [0.25, 0.3) is 10.8 Å². The highest BCUT2D eigenvalue weighted by molar-refractivity contribution is 6.04. The molecule has 140 valence electrons. The predicted molar refractivity (Wildman–Crippen MR) is 101 cm³/mol. The largest absolute Gasteiger partial charge is 0.375 e. The molecular weight excluding hydrogens is 330 g/mol. The van der Waals surface area contributed by atoms with E-state index in [1.54, 1.807) is 11.0 Å². The van der Waals surface area contributed by atoms with E-state index in [1.165, 1.54) is 4.68 Å². The zero-order valence-electron chi connectivity index (χ0n) is 15.6. The van der Waals surface area contributed by atoms with Gasteiger partial charge in [0, 0.05) is 25.0 Å². The van der Waals surface area contributed by atoms with E-state index in [9.17, 15) is 9.59 Å². The molecular formula is C20H27N3O3. The molecule has 1 aromatic carbocycles. The van der Waals surface area contributed by atoms with Crippen LogP contribution in [0.3, 0.4) is 0 Å². The molecule has 2 heterocycles. The van der Waals surface area contributed by atoms with Crippen LogP contribution in [0.2, 0.25) is 0 Å². The molecule has 1 unspecified atom stereocenters. The van der Waals surface area contributed by atoms with E-state index >= 15 is 0 Å². The van der Waals surface area contributed by atoms with Crippen LogP contribution in [-0.4, -0.2) is 46.4 Å². The summed E-state index contributed by atoms with van der Waals surface area (Å²) in [6.07, 6.45) is 3.92. The Morgan fingerprint density at radius 2 is 2.00 bits per heavy atom. The molecule has 1 aliphatic heterocycles. The maximum Gasteiger partial charge on any atom is 0.275 e. The molecule has 26 heavy (non-hydrogen) atoms. The van der Waals surface area contributed by atoms with Crippen molar-refractivity contribution in [1.82, 2.24) is 14.7 Å². The van der Waals surface area contributed by atoms with Gasteiger partial charge in [-0.3, -0.25) is 9.59 Å². The van der Waals surface area contributed by atoms with Gasteiger partial charge in [-0.15, -0.1) is 0 Å². The maximum absolute atomic E-state index is 13.2. The quantitative estimate of drug-likeness (QED) is 0.746. The molecule has 1 aromatic heterocycles. The average molecular weight is 357 g/mol. The zero-order chi connectivity index (χ0) is 18.5. The van der Waals surface area contributed by atoms with Crippen LogP contribution in [0.5, 0.6) is 0 Å². The predicted octanol–water partition coefficient (Wildman–Crippen LogP) is 2.84. The lowest BCUT2D eigenvalue weighted by Gasteiger charge is -2.32. The van der Waals surface area contributed by atoms with E-state index in [2.05, 4.69) is 18.9 Å². The number of carbonyl (C=O) groups is 1. The van der Waals surface area contributed by atoms with Crippen LogP contribution in [-0.2, 0) is 11.3 Å². The molecule has 3 rings (SSSR count). The van der Waals surface area contributed by atoms with Crippen LogP contribution < -0.4 is 5.56 Å². The number of carbonyl (C=O) groups excluding carboxylic acids is 1. The summed E-state index contributed by atoms with van der Waals surface area (Å²) in [6.45, 7) is 6.38. The lowest BCUT2D eigenvalue weighted by Crippen LogP contribution is -2.46.